The van der Waals surface area contributed by atoms with Crippen molar-refractivity contribution in [3.8, 4) is 0 Å². The van der Waals surface area contributed by atoms with E-state index in [4.69, 9.17) is 4.55 Å². The van der Waals surface area contributed by atoms with Crippen molar-refractivity contribution in [2.45, 2.75) is 11.8 Å². The van der Waals surface area contributed by atoms with Gasteiger partial charge in [0, 0.05) is 11.4 Å². The topological polar surface area (TPSA) is 66.4 Å². The molecule has 0 fully saturated rings. The summed E-state index contributed by atoms with van der Waals surface area (Å²) in [7, 11) is -4.17. The van der Waals surface area contributed by atoms with Gasteiger partial charge >= 0.3 is 29.6 Å². The van der Waals surface area contributed by atoms with E-state index in [-0.39, 0.29) is 34.5 Å². The molecule has 3 rings (SSSR count). The zero-order valence-electron chi connectivity index (χ0n) is 11.9. The number of fused-ring (bicyclic) bond motifs is 1. The normalized spacial score (nSPS) is 11.0. The van der Waals surface area contributed by atoms with E-state index in [1.165, 1.54) is 17.7 Å². The van der Waals surface area contributed by atoms with Crippen LogP contribution in [0.15, 0.2) is 65.6 Å². The fourth-order valence-electron chi connectivity index (χ4n) is 2.27. The second-order valence-electron chi connectivity index (χ2n) is 5.19. The van der Waals surface area contributed by atoms with Gasteiger partial charge < -0.3 is 5.32 Å². The van der Waals surface area contributed by atoms with Crippen LogP contribution in [0.1, 0.15) is 5.56 Å². The van der Waals surface area contributed by atoms with Crippen LogP contribution in [-0.4, -0.2) is 42.5 Å². The summed E-state index contributed by atoms with van der Waals surface area (Å²) >= 11 is 0. The number of benzene rings is 3. The van der Waals surface area contributed by atoms with Gasteiger partial charge in [0.1, 0.15) is 0 Å². The van der Waals surface area contributed by atoms with Crippen molar-refractivity contribution < 1.29 is 13.0 Å². The molecule has 0 saturated heterocycles. The van der Waals surface area contributed by atoms with E-state index in [2.05, 4.69) is 5.32 Å². The minimum atomic E-state index is -4.17. The Morgan fingerprint density at radius 3 is 2.04 bits per heavy atom. The third kappa shape index (κ3) is 4.34. The summed E-state index contributed by atoms with van der Waals surface area (Å²) in [6.07, 6.45) is 0. The second-order valence-corrected chi connectivity index (χ2v) is 6.61. The molecule has 0 unspecified atom stereocenters. The molecule has 0 aliphatic carbocycles. The average molecular weight is 337 g/mol. The molecule has 0 amide bonds. The van der Waals surface area contributed by atoms with E-state index in [9.17, 15) is 8.42 Å². The fourth-order valence-corrected chi connectivity index (χ4v) is 2.78. The Kier molecular flexibility index (Phi) is 5.49. The molecule has 0 radical (unpaired) electrons. The zero-order valence-corrected chi connectivity index (χ0v) is 12.8. The number of anilines is 2. The fraction of sp³-hybridized carbons (Fsp3) is 0.0588. The SMILES string of the molecule is Cc1ccc(Nc2ccc3cc(S(=O)(=O)O)ccc3c2)cc1.[NaH]. The van der Waals surface area contributed by atoms with Gasteiger partial charge in [-0.2, -0.15) is 8.42 Å². The van der Waals surface area contributed by atoms with Crippen LogP contribution < -0.4 is 5.32 Å². The van der Waals surface area contributed by atoms with Gasteiger partial charge in [-0.15, -0.1) is 0 Å². The van der Waals surface area contributed by atoms with Gasteiger partial charge in [0.15, 0.2) is 0 Å². The molecule has 23 heavy (non-hydrogen) atoms. The number of hydrogen-bond donors (Lipinski definition) is 2. The molecule has 4 nitrogen and oxygen atoms in total. The molecular weight excluding hydrogens is 321 g/mol. The Hall–Kier alpha value is -1.37. The molecule has 2 N–H and O–H groups in total. The third-order valence-electron chi connectivity index (χ3n) is 3.45. The van der Waals surface area contributed by atoms with E-state index < -0.39 is 10.1 Å². The predicted molar refractivity (Wildman–Crippen MR) is 95.4 cm³/mol. The number of hydrogen-bond acceptors (Lipinski definition) is 3. The molecule has 0 aliphatic rings. The summed E-state index contributed by atoms with van der Waals surface area (Å²) in [4.78, 5) is -0.0979. The summed E-state index contributed by atoms with van der Waals surface area (Å²) in [5.74, 6) is 0. The first kappa shape index (κ1) is 18.0. The molecule has 0 aliphatic heterocycles. The van der Waals surface area contributed by atoms with Gasteiger partial charge in [-0.3, -0.25) is 4.55 Å². The number of nitrogens with one attached hydrogen (secondary N) is 1. The Labute approximate surface area is 157 Å². The van der Waals surface area contributed by atoms with Crippen molar-refractivity contribution in [1.82, 2.24) is 0 Å². The van der Waals surface area contributed by atoms with Gasteiger partial charge in [-0.05, 0) is 54.1 Å². The van der Waals surface area contributed by atoms with Crippen LogP contribution in [0.5, 0.6) is 0 Å². The van der Waals surface area contributed by atoms with Crippen LogP contribution in [0.4, 0.5) is 11.4 Å². The molecule has 0 spiro atoms. The van der Waals surface area contributed by atoms with Crippen LogP contribution in [0, 0.1) is 6.92 Å². The summed E-state index contributed by atoms with van der Waals surface area (Å²) in [5, 5.41) is 4.95. The Morgan fingerprint density at radius 2 is 1.39 bits per heavy atom. The number of rotatable bonds is 3. The van der Waals surface area contributed by atoms with E-state index in [0.717, 1.165) is 22.1 Å². The third-order valence-corrected chi connectivity index (χ3v) is 4.30. The van der Waals surface area contributed by atoms with Crippen molar-refractivity contribution in [2.75, 3.05) is 5.32 Å². The number of aryl methyl sites for hydroxylation is 1. The molecule has 0 bridgehead atoms. The zero-order chi connectivity index (χ0) is 15.7. The molecule has 0 aromatic heterocycles. The summed E-state index contributed by atoms with van der Waals surface area (Å²) in [6, 6.07) is 18.2. The molecule has 0 saturated carbocycles. The van der Waals surface area contributed by atoms with Gasteiger partial charge in [0.05, 0.1) is 4.90 Å². The van der Waals surface area contributed by atoms with Crippen LogP contribution >= 0.6 is 0 Å². The first-order chi connectivity index (χ1) is 10.4. The Balaban J connectivity index is 0.00000192. The van der Waals surface area contributed by atoms with Crippen molar-refractivity contribution in [3.05, 3.63) is 66.2 Å². The molecule has 3 aromatic rings. The van der Waals surface area contributed by atoms with E-state index in [1.807, 2.05) is 49.4 Å². The van der Waals surface area contributed by atoms with Gasteiger partial charge in [0.25, 0.3) is 10.1 Å². The molecule has 6 heteroatoms. The van der Waals surface area contributed by atoms with Crippen molar-refractivity contribution in [3.63, 3.8) is 0 Å². The van der Waals surface area contributed by atoms with Crippen LogP contribution in [0.3, 0.4) is 0 Å². The van der Waals surface area contributed by atoms with Crippen LogP contribution in [-0.2, 0) is 10.1 Å². The van der Waals surface area contributed by atoms with E-state index >= 15 is 0 Å². The molecular formula is C17H16NNaO3S. The monoisotopic (exact) mass is 337 g/mol. The predicted octanol–water partition coefficient (Wildman–Crippen LogP) is 3.49. The van der Waals surface area contributed by atoms with Crippen LogP contribution in [0.25, 0.3) is 10.8 Å². The summed E-state index contributed by atoms with van der Waals surface area (Å²) in [6.45, 7) is 2.03. The quantitative estimate of drug-likeness (QED) is 0.567. The maximum atomic E-state index is 11.2. The summed E-state index contributed by atoms with van der Waals surface area (Å²) in [5.41, 5.74) is 3.09. The Bertz CT molecular complexity index is 938. The first-order valence-corrected chi connectivity index (χ1v) is 8.21. The van der Waals surface area contributed by atoms with Crippen molar-refractivity contribution in [1.29, 1.82) is 0 Å². The van der Waals surface area contributed by atoms with Crippen molar-refractivity contribution in [2.24, 2.45) is 0 Å². The standard InChI is InChI=1S/C17H15NO3S.Na.H/c1-12-2-6-15(7-3-12)18-16-8-4-14-11-17(22(19,20)21)9-5-13(14)10-16;;/h2-11,18H,1H3,(H,19,20,21);;. The van der Waals surface area contributed by atoms with Gasteiger partial charge in [-0.25, -0.2) is 0 Å². The molecule has 0 atom stereocenters. The van der Waals surface area contributed by atoms with Crippen molar-refractivity contribution >= 4 is 61.8 Å². The van der Waals surface area contributed by atoms with Crippen LogP contribution in [0.2, 0.25) is 0 Å². The van der Waals surface area contributed by atoms with E-state index in [1.54, 1.807) is 6.07 Å². The average Bonchev–Trinajstić information content (AvgIpc) is 2.48. The van der Waals surface area contributed by atoms with E-state index in [0.29, 0.717) is 0 Å². The first-order valence-electron chi connectivity index (χ1n) is 6.77. The Morgan fingerprint density at radius 1 is 0.826 bits per heavy atom. The minimum absolute atomic E-state index is 0. The van der Waals surface area contributed by atoms with Gasteiger partial charge in [0.2, 0.25) is 0 Å². The molecule has 0 heterocycles. The second kappa shape index (κ2) is 7.03. The summed E-state index contributed by atoms with van der Waals surface area (Å²) < 4.78 is 31.4. The molecule has 114 valence electrons. The molecule has 3 aromatic carbocycles. The van der Waals surface area contributed by atoms with Gasteiger partial charge in [-0.1, -0.05) is 29.8 Å². The maximum absolute atomic E-state index is 11.2.